The van der Waals surface area contributed by atoms with Gasteiger partial charge in [0, 0.05) is 6.54 Å². The Kier molecular flexibility index (Phi) is 4.69. The SMILES string of the molecule is CC1c2cc(F)ccc2CCN1C(=O)C(C)n1c(-c2cccs2)n[nH]c1=S. The molecule has 0 radical (unpaired) electrons. The summed E-state index contributed by atoms with van der Waals surface area (Å²) in [5.41, 5.74) is 1.97. The molecule has 1 aliphatic heterocycles. The molecule has 3 aromatic rings. The van der Waals surface area contributed by atoms with Crippen LogP contribution in [-0.2, 0) is 11.2 Å². The van der Waals surface area contributed by atoms with E-state index in [1.165, 1.54) is 12.1 Å². The third-order valence-electron chi connectivity index (χ3n) is 5.12. The maximum Gasteiger partial charge on any atom is 0.246 e. The highest BCUT2D eigenvalue weighted by atomic mass is 32.1. The van der Waals surface area contributed by atoms with Crippen molar-refractivity contribution in [1.29, 1.82) is 0 Å². The fourth-order valence-corrected chi connectivity index (χ4v) is 4.68. The molecular weight excluding hydrogens is 383 g/mol. The molecule has 0 spiro atoms. The molecule has 27 heavy (non-hydrogen) atoms. The molecule has 1 N–H and O–H groups in total. The van der Waals surface area contributed by atoms with E-state index in [9.17, 15) is 9.18 Å². The van der Waals surface area contributed by atoms with Gasteiger partial charge < -0.3 is 4.90 Å². The van der Waals surface area contributed by atoms with Crippen LogP contribution < -0.4 is 0 Å². The molecule has 0 saturated carbocycles. The molecule has 2 atom stereocenters. The van der Waals surface area contributed by atoms with Gasteiger partial charge >= 0.3 is 0 Å². The molecule has 0 saturated heterocycles. The summed E-state index contributed by atoms with van der Waals surface area (Å²) < 4.78 is 15.9. The van der Waals surface area contributed by atoms with Gasteiger partial charge in [0.05, 0.1) is 10.9 Å². The van der Waals surface area contributed by atoms with Crippen LogP contribution >= 0.6 is 23.6 Å². The Morgan fingerprint density at radius 3 is 3.00 bits per heavy atom. The zero-order chi connectivity index (χ0) is 19.1. The van der Waals surface area contributed by atoms with E-state index >= 15 is 0 Å². The number of thiophene rings is 1. The van der Waals surface area contributed by atoms with Crippen molar-refractivity contribution in [3.8, 4) is 10.7 Å². The number of hydrogen-bond donors (Lipinski definition) is 1. The monoisotopic (exact) mass is 402 g/mol. The third-order valence-corrected chi connectivity index (χ3v) is 6.28. The average Bonchev–Trinajstić information content (AvgIpc) is 3.31. The van der Waals surface area contributed by atoms with E-state index in [1.54, 1.807) is 20.8 Å². The smallest absolute Gasteiger partial charge is 0.246 e. The van der Waals surface area contributed by atoms with Gasteiger partial charge in [-0.3, -0.25) is 14.5 Å². The number of fused-ring (bicyclic) bond motifs is 1. The number of halogens is 1. The van der Waals surface area contributed by atoms with Gasteiger partial charge in [-0.1, -0.05) is 12.1 Å². The van der Waals surface area contributed by atoms with Gasteiger partial charge in [0.2, 0.25) is 5.91 Å². The highest BCUT2D eigenvalue weighted by Gasteiger charge is 2.32. The molecule has 5 nitrogen and oxygen atoms in total. The first-order valence-corrected chi connectivity index (χ1v) is 10.1. The highest BCUT2D eigenvalue weighted by Crippen LogP contribution is 2.33. The maximum absolute atomic E-state index is 13.7. The molecule has 3 heterocycles. The molecule has 0 aliphatic carbocycles. The largest absolute Gasteiger partial charge is 0.334 e. The second kappa shape index (κ2) is 7.01. The minimum absolute atomic E-state index is 0.0484. The Morgan fingerprint density at radius 1 is 1.44 bits per heavy atom. The zero-order valence-corrected chi connectivity index (χ0v) is 16.6. The number of aromatic amines is 1. The highest BCUT2D eigenvalue weighted by molar-refractivity contribution is 7.71. The summed E-state index contributed by atoms with van der Waals surface area (Å²) in [6.45, 7) is 4.37. The van der Waals surface area contributed by atoms with Crippen molar-refractivity contribution in [1.82, 2.24) is 19.7 Å². The molecule has 140 valence electrons. The normalized spacial score (nSPS) is 17.6. The molecule has 1 amide bonds. The fourth-order valence-electron chi connectivity index (χ4n) is 3.68. The van der Waals surface area contributed by atoms with Crippen molar-refractivity contribution < 1.29 is 9.18 Å². The lowest BCUT2D eigenvalue weighted by molar-refractivity contribution is -0.136. The summed E-state index contributed by atoms with van der Waals surface area (Å²) in [6.07, 6.45) is 0.715. The molecule has 1 aromatic carbocycles. The Hall–Kier alpha value is -2.32. The van der Waals surface area contributed by atoms with E-state index in [1.807, 2.05) is 37.4 Å². The van der Waals surface area contributed by atoms with Crippen molar-refractivity contribution in [2.75, 3.05) is 6.54 Å². The number of rotatable bonds is 3. The van der Waals surface area contributed by atoms with Crippen LogP contribution in [0.3, 0.4) is 0 Å². The zero-order valence-electron chi connectivity index (χ0n) is 15.0. The quantitative estimate of drug-likeness (QED) is 0.656. The van der Waals surface area contributed by atoms with Crippen molar-refractivity contribution in [2.45, 2.75) is 32.4 Å². The van der Waals surface area contributed by atoms with E-state index in [-0.39, 0.29) is 17.8 Å². The molecule has 0 bridgehead atoms. The Morgan fingerprint density at radius 2 is 2.26 bits per heavy atom. The van der Waals surface area contributed by atoms with Crippen LogP contribution in [-0.4, -0.2) is 32.1 Å². The first-order valence-electron chi connectivity index (χ1n) is 8.77. The van der Waals surface area contributed by atoms with Gasteiger partial charge in [-0.15, -0.1) is 11.3 Å². The van der Waals surface area contributed by atoms with Crippen LogP contribution in [0.5, 0.6) is 0 Å². The van der Waals surface area contributed by atoms with Crippen molar-refractivity contribution in [3.63, 3.8) is 0 Å². The summed E-state index contributed by atoms with van der Waals surface area (Å²) in [6, 6.07) is 8.01. The second-order valence-electron chi connectivity index (χ2n) is 6.68. The summed E-state index contributed by atoms with van der Waals surface area (Å²) in [5.74, 6) is 0.333. The number of hydrogen-bond acceptors (Lipinski definition) is 4. The minimum Gasteiger partial charge on any atom is -0.334 e. The maximum atomic E-state index is 13.7. The molecule has 2 unspecified atom stereocenters. The number of carbonyl (C=O) groups excluding carboxylic acids is 1. The van der Waals surface area contributed by atoms with Gasteiger partial charge in [0.15, 0.2) is 10.6 Å². The third kappa shape index (κ3) is 3.12. The Balaban J connectivity index is 1.66. The minimum atomic E-state index is -0.508. The lowest BCUT2D eigenvalue weighted by atomic mass is 9.93. The van der Waals surface area contributed by atoms with Crippen LogP contribution in [0.25, 0.3) is 10.7 Å². The molecule has 1 aliphatic rings. The van der Waals surface area contributed by atoms with Gasteiger partial charge in [-0.05, 0) is 67.2 Å². The first-order chi connectivity index (χ1) is 13.0. The van der Waals surface area contributed by atoms with Crippen molar-refractivity contribution in [3.05, 3.63) is 57.4 Å². The lowest BCUT2D eigenvalue weighted by Crippen LogP contribution is -2.42. The molecule has 4 rings (SSSR count). The summed E-state index contributed by atoms with van der Waals surface area (Å²) in [7, 11) is 0. The molecular formula is C19H19FN4OS2. The summed E-state index contributed by atoms with van der Waals surface area (Å²) >= 11 is 6.93. The number of amides is 1. The number of nitrogens with zero attached hydrogens (tertiary/aromatic N) is 3. The predicted octanol–water partition coefficient (Wildman–Crippen LogP) is 4.52. The van der Waals surface area contributed by atoms with Gasteiger partial charge in [0.1, 0.15) is 11.9 Å². The Labute approximate surface area is 165 Å². The van der Waals surface area contributed by atoms with E-state index in [0.29, 0.717) is 23.6 Å². The number of nitrogens with one attached hydrogen (secondary N) is 1. The van der Waals surface area contributed by atoms with Crippen molar-refractivity contribution >= 4 is 29.5 Å². The molecule has 8 heteroatoms. The van der Waals surface area contributed by atoms with Gasteiger partial charge in [-0.2, -0.15) is 5.10 Å². The first kappa shape index (κ1) is 18.1. The van der Waals surface area contributed by atoms with Crippen LogP contribution in [0.1, 0.15) is 37.1 Å². The van der Waals surface area contributed by atoms with Crippen LogP contribution in [0, 0.1) is 10.6 Å². The Bertz CT molecular complexity index is 1040. The van der Waals surface area contributed by atoms with Gasteiger partial charge in [-0.25, -0.2) is 4.39 Å². The van der Waals surface area contributed by atoms with E-state index in [0.717, 1.165) is 16.0 Å². The number of benzene rings is 1. The van der Waals surface area contributed by atoms with E-state index in [2.05, 4.69) is 10.2 Å². The van der Waals surface area contributed by atoms with E-state index in [4.69, 9.17) is 12.2 Å². The van der Waals surface area contributed by atoms with Crippen LogP contribution in [0.15, 0.2) is 35.7 Å². The molecule has 0 fully saturated rings. The number of aromatic nitrogens is 3. The summed E-state index contributed by atoms with van der Waals surface area (Å²) in [4.78, 5) is 16.1. The van der Waals surface area contributed by atoms with Crippen LogP contribution in [0.2, 0.25) is 0 Å². The second-order valence-corrected chi connectivity index (χ2v) is 8.01. The predicted molar refractivity (Wildman–Crippen MR) is 106 cm³/mol. The number of carbonyl (C=O) groups is 1. The van der Waals surface area contributed by atoms with Gasteiger partial charge in [0.25, 0.3) is 0 Å². The topological polar surface area (TPSA) is 53.9 Å². The van der Waals surface area contributed by atoms with Crippen LogP contribution in [0.4, 0.5) is 4.39 Å². The number of H-pyrrole nitrogens is 1. The van der Waals surface area contributed by atoms with Crippen molar-refractivity contribution in [2.24, 2.45) is 0 Å². The molecule has 2 aromatic heterocycles. The fraction of sp³-hybridized carbons (Fsp3) is 0.316. The lowest BCUT2D eigenvalue weighted by Gasteiger charge is -2.37. The standard InChI is InChI=1S/C19H19FN4OS2/c1-11-15-10-14(20)6-5-13(15)7-8-23(11)18(25)12(2)24-17(21-22-19(24)26)16-4-3-9-27-16/h3-6,9-12H,7-8H2,1-2H3,(H,22,26). The van der Waals surface area contributed by atoms with E-state index < -0.39 is 6.04 Å². The average molecular weight is 403 g/mol. The summed E-state index contributed by atoms with van der Waals surface area (Å²) in [5, 5.41) is 9.07.